The largest absolute Gasteiger partial charge is 0.317 e. The van der Waals surface area contributed by atoms with E-state index < -0.39 is 0 Å². The quantitative estimate of drug-likeness (QED) is 0.828. The molecule has 0 aliphatic heterocycles. The molecule has 0 spiro atoms. The molecule has 0 amide bonds. The third-order valence-corrected chi connectivity index (χ3v) is 4.21. The van der Waals surface area contributed by atoms with Crippen molar-refractivity contribution in [1.82, 2.24) is 5.32 Å². The van der Waals surface area contributed by atoms with Crippen molar-refractivity contribution >= 4 is 37.4 Å². The number of hydrogen-bond acceptors (Lipinski definition) is 2. The second kappa shape index (κ2) is 5.80. The van der Waals surface area contributed by atoms with E-state index in [0.29, 0.717) is 6.04 Å². The Labute approximate surface area is 109 Å². The van der Waals surface area contributed by atoms with Crippen molar-refractivity contribution in [2.45, 2.75) is 18.9 Å². The SMILES string of the molecule is CNC(CCBr)Cc1ccc2ccsc2c1. The van der Waals surface area contributed by atoms with Crippen LogP contribution in [0.3, 0.4) is 0 Å². The van der Waals surface area contributed by atoms with E-state index in [1.165, 1.54) is 22.1 Å². The van der Waals surface area contributed by atoms with E-state index >= 15 is 0 Å². The summed E-state index contributed by atoms with van der Waals surface area (Å²) >= 11 is 5.32. The molecular formula is C13H16BrNS. The molecule has 0 fully saturated rings. The Balaban J connectivity index is 2.13. The fraction of sp³-hybridized carbons (Fsp3) is 0.385. The summed E-state index contributed by atoms with van der Waals surface area (Å²) in [5.41, 5.74) is 1.43. The lowest BCUT2D eigenvalue weighted by Gasteiger charge is -2.14. The van der Waals surface area contributed by atoms with Gasteiger partial charge in [0.1, 0.15) is 0 Å². The Morgan fingerprint density at radius 1 is 1.38 bits per heavy atom. The van der Waals surface area contributed by atoms with Gasteiger partial charge in [-0.15, -0.1) is 11.3 Å². The zero-order valence-corrected chi connectivity index (χ0v) is 11.8. The molecule has 0 bridgehead atoms. The molecule has 2 rings (SSSR count). The van der Waals surface area contributed by atoms with Crippen LogP contribution in [0.4, 0.5) is 0 Å². The molecule has 1 aromatic carbocycles. The highest BCUT2D eigenvalue weighted by atomic mass is 79.9. The average Bonchev–Trinajstić information content (AvgIpc) is 2.75. The summed E-state index contributed by atoms with van der Waals surface area (Å²) in [5.74, 6) is 0. The third kappa shape index (κ3) is 2.84. The lowest BCUT2D eigenvalue weighted by molar-refractivity contribution is 0.548. The summed E-state index contributed by atoms with van der Waals surface area (Å²) in [5, 5.41) is 7.93. The van der Waals surface area contributed by atoms with Gasteiger partial charge in [0.2, 0.25) is 0 Å². The van der Waals surface area contributed by atoms with Gasteiger partial charge >= 0.3 is 0 Å². The van der Waals surface area contributed by atoms with Crippen molar-refractivity contribution in [1.29, 1.82) is 0 Å². The van der Waals surface area contributed by atoms with E-state index in [1.54, 1.807) is 0 Å². The van der Waals surface area contributed by atoms with Crippen LogP contribution in [0.1, 0.15) is 12.0 Å². The van der Waals surface area contributed by atoms with E-state index in [1.807, 2.05) is 18.4 Å². The van der Waals surface area contributed by atoms with Crippen molar-refractivity contribution in [3.05, 3.63) is 35.2 Å². The molecule has 1 N–H and O–H groups in total. The van der Waals surface area contributed by atoms with Crippen molar-refractivity contribution in [2.24, 2.45) is 0 Å². The lowest BCUT2D eigenvalue weighted by atomic mass is 10.0. The molecule has 1 nitrogen and oxygen atoms in total. The number of likely N-dealkylation sites (N-methyl/N-ethyl adjacent to an activating group) is 1. The molecule has 2 aromatic rings. The van der Waals surface area contributed by atoms with Crippen LogP contribution in [0.15, 0.2) is 29.6 Å². The highest BCUT2D eigenvalue weighted by Crippen LogP contribution is 2.22. The van der Waals surface area contributed by atoms with Crippen molar-refractivity contribution in [3.63, 3.8) is 0 Å². The van der Waals surface area contributed by atoms with Crippen molar-refractivity contribution in [2.75, 3.05) is 12.4 Å². The third-order valence-electron chi connectivity index (χ3n) is 2.87. The van der Waals surface area contributed by atoms with Gasteiger partial charge in [-0.2, -0.15) is 0 Å². The maximum Gasteiger partial charge on any atom is 0.0345 e. The highest BCUT2D eigenvalue weighted by Gasteiger charge is 2.07. The Bertz CT molecular complexity index is 452. The molecule has 0 radical (unpaired) electrons. The van der Waals surface area contributed by atoms with Gasteiger partial charge in [-0.3, -0.25) is 0 Å². The van der Waals surface area contributed by atoms with Crippen molar-refractivity contribution in [3.8, 4) is 0 Å². The molecule has 1 atom stereocenters. The first kappa shape index (κ1) is 12.1. The fourth-order valence-corrected chi connectivity index (χ4v) is 3.30. The molecule has 1 aromatic heterocycles. The van der Waals surface area contributed by atoms with Crippen LogP contribution in [0, 0.1) is 0 Å². The van der Waals surface area contributed by atoms with E-state index in [-0.39, 0.29) is 0 Å². The second-order valence-electron chi connectivity index (χ2n) is 3.96. The minimum Gasteiger partial charge on any atom is -0.317 e. The molecule has 1 heterocycles. The summed E-state index contributed by atoms with van der Waals surface area (Å²) in [7, 11) is 2.04. The Hall–Kier alpha value is -0.380. The van der Waals surface area contributed by atoms with Crippen LogP contribution < -0.4 is 5.32 Å². The van der Waals surface area contributed by atoms with Gasteiger partial charge < -0.3 is 5.32 Å². The zero-order valence-electron chi connectivity index (χ0n) is 9.37. The maximum atomic E-state index is 3.50. The molecule has 0 aliphatic rings. The summed E-state index contributed by atoms with van der Waals surface area (Å²) < 4.78 is 1.39. The van der Waals surface area contributed by atoms with Crippen LogP contribution in [0.5, 0.6) is 0 Å². The van der Waals surface area contributed by atoms with E-state index in [4.69, 9.17) is 0 Å². The molecule has 1 unspecified atom stereocenters. The van der Waals surface area contributed by atoms with Crippen LogP contribution >= 0.6 is 27.3 Å². The first-order valence-electron chi connectivity index (χ1n) is 5.53. The second-order valence-corrected chi connectivity index (χ2v) is 5.70. The molecule has 16 heavy (non-hydrogen) atoms. The summed E-state index contributed by atoms with van der Waals surface area (Å²) in [6.45, 7) is 0. The Morgan fingerprint density at radius 3 is 3.00 bits per heavy atom. The number of nitrogens with one attached hydrogen (secondary N) is 1. The van der Waals surface area contributed by atoms with E-state index in [9.17, 15) is 0 Å². The zero-order chi connectivity index (χ0) is 11.4. The Morgan fingerprint density at radius 2 is 2.25 bits per heavy atom. The summed E-state index contributed by atoms with van der Waals surface area (Å²) in [4.78, 5) is 0. The van der Waals surface area contributed by atoms with Gasteiger partial charge in [0, 0.05) is 16.1 Å². The predicted molar refractivity (Wildman–Crippen MR) is 76.8 cm³/mol. The number of thiophene rings is 1. The van der Waals surface area contributed by atoms with Gasteiger partial charge in [-0.25, -0.2) is 0 Å². The molecular weight excluding hydrogens is 282 g/mol. The minimum absolute atomic E-state index is 0.566. The van der Waals surface area contributed by atoms with Gasteiger partial charge in [-0.05, 0) is 48.4 Å². The molecule has 3 heteroatoms. The predicted octanol–water partition coefficient (Wildman–Crippen LogP) is 3.82. The van der Waals surface area contributed by atoms with Crippen LogP contribution in [0.25, 0.3) is 10.1 Å². The standard InChI is InChI=1S/C13H16BrNS/c1-15-12(4-6-14)8-10-2-3-11-5-7-16-13(11)9-10/h2-3,5,7,9,12,15H,4,6,8H2,1H3. The van der Waals surface area contributed by atoms with E-state index in [0.717, 1.165) is 11.8 Å². The number of alkyl halides is 1. The number of halogens is 1. The number of hydrogen-bond donors (Lipinski definition) is 1. The highest BCUT2D eigenvalue weighted by molar-refractivity contribution is 9.09. The van der Waals surface area contributed by atoms with Gasteiger partial charge in [-0.1, -0.05) is 28.1 Å². The van der Waals surface area contributed by atoms with Crippen LogP contribution in [-0.4, -0.2) is 18.4 Å². The Kier molecular flexibility index (Phi) is 4.38. The van der Waals surface area contributed by atoms with Crippen molar-refractivity contribution < 1.29 is 0 Å². The van der Waals surface area contributed by atoms with Gasteiger partial charge in [0.05, 0.1) is 0 Å². The first-order valence-corrected chi connectivity index (χ1v) is 7.53. The van der Waals surface area contributed by atoms with Crippen LogP contribution in [-0.2, 0) is 6.42 Å². The monoisotopic (exact) mass is 297 g/mol. The molecule has 86 valence electrons. The number of benzene rings is 1. The maximum absolute atomic E-state index is 3.50. The average molecular weight is 298 g/mol. The summed E-state index contributed by atoms with van der Waals surface area (Å²) in [6, 6.07) is 9.53. The normalized spacial score (nSPS) is 13.1. The smallest absolute Gasteiger partial charge is 0.0345 e. The molecule has 0 saturated carbocycles. The number of rotatable bonds is 5. The van der Waals surface area contributed by atoms with Crippen LogP contribution in [0.2, 0.25) is 0 Å². The fourth-order valence-electron chi connectivity index (χ4n) is 1.89. The summed E-state index contributed by atoms with van der Waals surface area (Å²) in [6.07, 6.45) is 2.27. The first-order chi connectivity index (χ1) is 7.83. The number of fused-ring (bicyclic) bond motifs is 1. The van der Waals surface area contributed by atoms with Gasteiger partial charge in [0.25, 0.3) is 0 Å². The van der Waals surface area contributed by atoms with Gasteiger partial charge in [0.15, 0.2) is 0 Å². The minimum atomic E-state index is 0.566. The lowest BCUT2D eigenvalue weighted by Crippen LogP contribution is -2.27. The molecule has 0 aliphatic carbocycles. The topological polar surface area (TPSA) is 12.0 Å². The molecule has 0 saturated heterocycles. The van der Waals surface area contributed by atoms with E-state index in [2.05, 4.69) is 50.9 Å².